The van der Waals surface area contributed by atoms with Crippen LogP contribution >= 0.6 is 0 Å². The van der Waals surface area contributed by atoms with E-state index in [1.807, 2.05) is 6.92 Å². The van der Waals surface area contributed by atoms with Gasteiger partial charge in [-0.3, -0.25) is 0 Å². The van der Waals surface area contributed by atoms with Gasteiger partial charge in [-0.1, -0.05) is 6.07 Å². The molecule has 0 heterocycles. The molecule has 2 rings (SSSR count). The van der Waals surface area contributed by atoms with Crippen molar-refractivity contribution in [1.82, 2.24) is 5.32 Å². The molecule has 3 N–H and O–H groups in total. The molecule has 3 nitrogen and oxygen atoms in total. The minimum absolute atomic E-state index is 0.00759. The second-order valence-corrected chi connectivity index (χ2v) is 4.28. The molecule has 1 aromatic carbocycles. The lowest BCUT2D eigenvalue weighted by atomic mass is 10.1. The number of rotatable bonds is 4. The van der Waals surface area contributed by atoms with Crippen molar-refractivity contribution < 1.29 is 10.2 Å². The van der Waals surface area contributed by atoms with Crippen LogP contribution in [0.15, 0.2) is 18.2 Å². The van der Waals surface area contributed by atoms with Gasteiger partial charge >= 0.3 is 0 Å². The molecule has 1 aliphatic carbocycles. The van der Waals surface area contributed by atoms with Crippen molar-refractivity contribution in [3.8, 4) is 11.5 Å². The summed E-state index contributed by atoms with van der Waals surface area (Å²) in [6.07, 6.45) is 2.60. The van der Waals surface area contributed by atoms with Crippen LogP contribution in [0.25, 0.3) is 0 Å². The molecule has 0 saturated heterocycles. The Bertz CT molecular complexity index is 327. The molecular weight excluding hydrogens is 190 g/mol. The average Bonchev–Trinajstić information content (AvgIpc) is 2.97. The van der Waals surface area contributed by atoms with Crippen LogP contribution in [-0.4, -0.2) is 16.8 Å². The van der Waals surface area contributed by atoms with Crippen LogP contribution in [0.1, 0.15) is 31.4 Å². The smallest absolute Gasteiger partial charge is 0.124 e. The summed E-state index contributed by atoms with van der Waals surface area (Å²) in [6, 6.07) is 4.84. The SMILES string of the molecule is CC(NCC1CC1)c1c(O)cccc1O. The second kappa shape index (κ2) is 4.11. The van der Waals surface area contributed by atoms with Crippen LogP contribution in [0.4, 0.5) is 0 Å². The highest BCUT2D eigenvalue weighted by molar-refractivity contribution is 5.44. The number of phenolic OH excluding ortho intramolecular Hbond substituents is 2. The Labute approximate surface area is 89.8 Å². The summed E-state index contributed by atoms with van der Waals surface area (Å²) >= 11 is 0. The average molecular weight is 207 g/mol. The van der Waals surface area contributed by atoms with Gasteiger partial charge in [-0.15, -0.1) is 0 Å². The van der Waals surface area contributed by atoms with E-state index in [-0.39, 0.29) is 17.5 Å². The van der Waals surface area contributed by atoms with Gasteiger partial charge < -0.3 is 15.5 Å². The fraction of sp³-hybridized carbons (Fsp3) is 0.500. The van der Waals surface area contributed by atoms with Gasteiger partial charge in [-0.2, -0.15) is 0 Å². The van der Waals surface area contributed by atoms with E-state index < -0.39 is 0 Å². The van der Waals surface area contributed by atoms with Crippen LogP contribution in [0.5, 0.6) is 11.5 Å². The first-order chi connectivity index (χ1) is 7.18. The molecule has 0 radical (unpaired) electrons. The lowest BCUT2D eigenvalue weighted by Crippen LogP contribution is -2.21. The molecule has 1 aromatic rings. The Kier molecular flexibility index (Phi) is 2.82. The first-order valence-corrected chi connectivity index (χ1v) is 5.42. The predicted octanol–water partition coefficient (Wildman–Crippen LogP) is 2.16. The Morgan fingerprint density at radius 1 is 1.33 bits per heavy atom. The van der Waals surface area contributed by atoms with Crippen molar-refractivity contribution in [1.29, 1.82) is 0 Å². The van der Waals surface area contributed by atoms with Crippen molar-refractivity contribution in [3.63, 3.8) is 0 Å². The zero-order chi connectivity index (χ0) is 10.8. The highest BCUT2D eigenvalue weighted by Crippen LogP contribution is 2.33. The summed E-state index contributed by atoms with van der Waals surface area (Å²) in [5.41, 5.74) is 0.596. The number of benzene rings is 1. The maximum absolute atomic E-state index is 9.64. The van der Waals surface area contributed by atoms with Gasteiger partial charge in [0.2, 0.25) is 0 Å². The van der Waals surface area contributed by atoms with E-state index in [1.165, 1.54) is 12.8 Å². The normalized spacial score (nSPS) is 17.7. The van der Waals surface area contributed by atoms with Crippen LogP contribution < -0.4 is 5.32 Å². The lowest BCUT2D eigenvalue weighted by molar-refractivity contribution is 0.417. The van der Waals surface area contributed by atoms with Gasteiger partial charge in [0.1, 0.15) is 11.5 Å². The first-order valence-electron chi connectivity index (χ1n) is 5.42. The molecule has 82 valence electrons. The summed E-state index contributed by atoms with van der Waals surface area (Å²) in [4.78, 5) is 0. The highest BCUT2D eigenvalue weighted by Gasteiger charge is 2.22. The molecule has 0 spiro atoms. The van der Waals surface area contributed by atoms with E-state index >= 15 is 0 Å². The third kappa shape index (κ3) is 2.42. The Hall–Kier alpha value is -1.22. The number of hydrogen-bond donors (Lipinski definition) is 3. The minimum atomic E-state index is -0.00759. The molecule has 0 bridgehead atoms. The molecule has 1 aliphatic rings. The third-order valence-electron chi connectivity index (χ3n) is 2.90. The third-order valence-corrected chi connectivity index (χ3v) is 2.90. The molecule has 1 fully saturated rings. The van der Waals surface area contributed by atoms with Gasteiger partial charge in [0.05, 0.1) is 5.56 Å². The largest absolute Gasteiger partial charge is 0.507 e. The number of phenols is 2. The van der Waals surface area contributed by atoms with E-state index in [9.17, 15) is 10.2 Å². The fourth-order valence-electron chi connectivity index (χ4n) is 1.75. The van der Waals surface area contributed by atoms with E-state index in [0.717, 1.165) is 12.5 Å². The molecule has 15 heavy (non-hydrogen) atoms. The minimum Gasteiger partial charge on any atom is -0.507 e. The molecular formula is C12H17NO2. The van der Waals surface area contributed by atoms with E-state index in [4.69, 9.17) is 0 Å². The van der Waals surface area contributed by atoms with E-state index in [1.54, 1.807) is 18.2 Å². The number of aromatic hydroxyl groups is 2. The van der Waals surface area contributed by atoms with Crippen molar-refractivity contribution in [3.05, 3.63) is 23.8 Å². The van der Waals surface area contributed by atoms with Crippen molar-refractivity contribution >= 4 is 0 Å². The van der Waals surface area contributed by atoms with Gasteiger partial charge in [-0.25, -0.2) is 0 Å². The molecule has 1 unspecified atom stereocenters. The van der Waals surface area contributed by atoms with E-state index in [0.29, 0.717) is 5.56 Å². The molecule has 3 heteroatoms. The second-order valence-electron chi connectivity index (χ2n) is 4.28. The summed E-state index contributed by atoms with van der Waals surface area (Å²) in [5, 5.41) is 22.6. The monoisotopic (exact) mass is 207 g/mol. The maximum Gasteiger partial charge on any atom is 0.124 e. The Morgan fingerprint density at radius 2 is 1.93 bits per heavy atom. The molecule has 0 amide bonds. The van der Waals surface area contributed by atoms with Crippen molar-refractivity contribution in [2.45, 2.75) is 25.8 Å². The predicted molar refractivity (Wildman–Crippen MR) is 58.9 cm³/mol. The molecule has 1 atom stereocenters. The van der Waals surface area contributed by atoms with E-state index in [2.05, 4.69) is 5.32 Å². The zero-order valence-electron chi connectivity index (χ0n) is 8.90. The molecule has 0 aromatic heterocycles. The van der Waals surface area contributed by atoms with Crippen LogP contribution in [-0.2, 0) is 0 Å². The summed E-state index contributed by atoms with van der Waals surface area (Å²) < 4.78 is 0. The summed E-state index contributed by atoms with van der Waals surface area (Å²) in [6.45, 7) is 2.92. The Balaban J connectivity index is 2.05. The van der Waals surface area contributed by atoms with Crippen molar-refractivity contribution in [2.75, 3.05) is 6.54 Å². The van der Waals surface area contributed by atoms with Gasteiger partial charge in [0, 0.05) is 6.04 Å². The van der Waals surface area contributed by atoms with Gasteiger partial charge in [0.25, 0.3) is 0 Å². The van der Waals surface area contributed by atoms with Crippen LogP contribution in [0.2, 0.25) is 0 Å². The first kappa shape index (κ1) is 10.3. The zero-order valence-corrected chi connectivity index (χ0v) is 8.90. The number of hydrogen-bond acceptors (Lipinski definition) is 3. The number of nitrogens with one attached hydrogen (secondary N) is 1. The Morgan fingerprint density at radius 3 is 2.47 bits per heavy atom. The summed E-state index contributed by atoms with van der Waals surface area (Å²) in [7, 11) is 0. The highest BCUT2D eigenvalue weighted by atomic mass is 16.3. The standard InChI is InChI=1S/C12H17NO2/c1-8(13-7-9-5-6-9)12-10(14)3-2-4-11(12)15/h2-4,8-9,13-15H,5-7H2,1H3. The van der Waals surface area contributed by atoms with Crippen LogP contribution in [0.3, 0.4) is 0 Å². The quantitative estimate of drug-likeness (QED) is 0.709. The summed E-state index contributed by atoms with van der Waals surface area (Å²) in [5.74, 6) is 1.11. The van der Waals surface area contributed by atoms with Crippen LogP contribution in [0, 0.1) is 5.92 Å². The lowest BCUT2D eigenvalue weighted by Gasteiger charge is -2.16. The van der Waals surface area contributed by atoms with Gasteiger partial charge in [0.15, 0.2) is 0 Å². The van der Waals surface area contributed by atoms with Gasteiger partial charge in [-0.05, 0) is 44.4 Å². The fourth-order valence-corrected chi connectivity index (χ4v) is 1.75. The molecule has 0 aliphatic heterocycles. The topological polar surface area (TPSA) is 52.5 Å². The maximum atomic E-state index is 9.64. The van der Waals surface area contributed by atoms with Crippen molar-refractivity contribution in [2.24, 2.45) is 5.92 Å². The molecule has 1 saturated carbocycles.